The molecule has 0 saturated heterocycles. The number of rotatable bonds is 5. The van der Waals surface area contributed by atoms with Gasteiger partial charge in [0.05, 0.1) is 0 Å². The number of hydrogen-bond acceptors (Lipinski definition) is 0. The summed E-state index contributed by atoms with van der Waals surface area (Å²) in [6, 6.07) is 0. The highest BCUT2D eigenvalue weighted by atomic mass is 14.3. The molecule has 0 bridgehead atoms. The fourth-order valence-electron chi connectivity index (χ4n) is 1.67. The number of hydrogen-bond donors (Lipinski definition) is 0. The molecule has 0 saturated carbocycles. The first-order valence-corrected chi connectivity index (χ1v) is 4.67. The molecule has 0 aliphatic carbocycles. The third-order valence-corrected chi connectivity index (χ3v) is 2.74. The lowest BCUT2D eigenvalue weighted by atomic mass is 9.71. The van der Waals surface area contributed by atoms with Crippen LogP contribution >= 0.6 is 0 Å². The van der Waals surface area contributed by atoms with E-state index in [9.17, 15) is 0 Å². The molecule has 0 aromatic rings. The van der Waals surface area contributed by atoms with Crippen molar-refractivity contribution in [2.24, 2.45) is 5.41 Å². The minimum Gasteiger partial charge on any atom is -0.103 e. The van der Waals surface area contributed by atoms with Crippen LogP contribution in [0, 0.1) is 11.3 Å². The molecule has 0 fully saturated rings. The third-order valence-electron chi connectivity index (χ3n) is 2.74. The topological polar surface area (TPSA) is 0 Å². The Morgan fingerprint density at radius 1 is 1.42 bits per heavy atom. The monoisotopic (exact) mass is 165 g/mol. The van der Waals surface area contributed by atoms with Crippen molar-refractivity contribution >= 4 is 0 Å². The van der Waals surface area contributed by atoms with E-state index in [0.29, 0.717) is 0 Å². The van der Waals surface area contributed by atoms with Gasteiger partial charge < -0.3 is 0 Å². The molecule has 0 spiro atoms. The maximum absolute atomic E-state index is 4.00. The molecule has 0 N–H and O–H groups in total. The Morgan fingerprint density at radius 2 is 1.92 bits per heavy atom. The van der Waals surface area contributed by atoms with Crippen LogP contribution in [0.5, 0.6) is 0 Å². The molecule has 0 amide bonds. The second-order valence-corrected chi connectivity index (χ2v) is 3.59. The standard InChI is InChI=1S/C12H21/c1-7-11(10(4)5)12(6,8-2)9-3/h8H,2,4,7,9H2,1,3,5-6H3. The first-order chi connectivity index (χ1) is 5.51. The summed E-state index contributed by atoms with van der Waals surface area (Å²) in [6.45, 7) is 16.6. The van der Waals surface area contributed by atoms with Crippen molar-refractivity contribution in [2.45, 2.75) is 40.5 Å². The van der Waals surface area contributed by atoms with Crippen molar-refractivity contribution < 1.29 is 0 Å². The molecule has 0 aromatic carbocycles. The van der Waals surface area contributed by atoms with Crippen LogP contribution in [0.4, 0.5) is 0 Å². The molecule has 0 aliphatic rings. The zero-order valence-corrected chi connectivity index (χ0v) is 8.91. The highest BCUT2D eigenvalue weighted by molar-refractivity contribution is 5.28. The smallest absolute Gasteiger partial charge is 0.00932 e. The van der Waals surface area contributed by atoms with Crippen molar-refractivity contribution in [3.63, 3.8) is 0 Å². The van der Waals surface area contributed by atoms with Crippen LogP contribution in [-0.2, 0) is 0 Å². The van der Waals surface area contributed by atoms with Crippen LogP contribution < -0.4 is 0 Å². The fraction of sp³-hybridized carbons (Fsp3) is 0.583. The van der Waals surface area contributed by atoms with Crippen molar-refractivity contribution in [1.29, 1.82) is 0 Å². The van der Waals surface area contributed by atoms with Gasteiger partial charge in [0.1, 0.15) is 0 Å². The first-order valence-electron chi connectivity index (χ1n) is 4.67. The maximum Gasteiger partial charge on any atom is 0.00932 e. The summed E-state index contributed by atoms with van der Waals surface area (Å²) in [7, 11) is 0. The Hall–Kier alpha value is -0.520. The van der Waals surface area contributed by atoms with Gasteiger partial charge in [-0.2, -0.15) is 0 Å². The Kier molecular flexibility index (Phi) is 4.30. The molecule has 0 rings (SSSR count). The average Bonchev–Trinajstić information content (AvgIpc) is 2.04. The summed E-state index contributed by atoms with van der Waals surface area (Å²) in [5.74, 6) is 1.43. The summed E-state index contributed by atoms with van der Waals surface area (Å²) in [4.78, 5) is 0. The second kappa shape index (κ2) is 4.49. The minimum absolute atomic E-state index is 0.153. The van der Waals surface area contributed by atoms with Gasteiger partial charge in [-0.15, -0.1) is 6.58 Å². The van der Waals surface area contributed by atoms with E-state index in [4.69, 9.17) is 0 Å². The van der Waals surface area contributed by atoms with Gasteiger partial charge in [-0.25, -0.2) is 0 Å². The molecule has 12 heavy (non-hydrogen) atoms. The van der Waals surface area contributed by atoms with Crippen LogP contribution in [0.25, 0.3) is 0 Å². The van der Waals surface area contributed by atoms with E-state index in [2.05, 4.69) is 40.9 Å². The van der Waals surface area contributed by atoms with Gasteiger partial charge in [0.25, 0.3) is 0 Å². The van der Waals surface area contributed by atoms with Crippen LogP contribution in [0.15, 0.2) is 24.8 Å². The van der Waals surface area contributed by atoms with Gasteiger partial charge in [-0.05, 0) is 25.2 Å². The quantitative estimate of drug-likeness (QED) is 0.537. The van der Waals surface area contributed by atoms with Crippen molar-refractivity contribution in [3.05, 3.63) is 30.7 Å². The van der Waals surface area contributed by atoms with Crippen LogP contribution in [0.2, 0.25) is 0 Å². The summed E-state index contributed by atoms with van der Waals surface area (Å²) < 4.78 is 0. The maximum atomic E-state index is 4.00. The van der Waals surface area contributed by atoms with E-state index < -0.39 is 0 Å². The molecule has 0 heteroatoms. The second-order valence-electron chi connectivity index (χ2n) is 3.59. The summed E-state index contributed by atoms with van der Waals surface area (Å²) in [6.07, 6.45) is 4.22. The Balaban J connectivity index is 4.66. The average molecular weight is 165 g/mol. The van der Waals surface area contributed by atoms with Crippen LogP contribution in [-0.4, -0.2) is 0 Å². The normalized spacial score (nSPS) is 15.8. The fourth-order valence-corrected chi connectivity index (χ4v) is 1.67. The number of allylic oxidation sites excluding steroid dienone is 2. The van der Waals surface area contributed by atoms with E-state index in [-0.39, 0.29) is 5.41 Å². The van der Waals surface area contributed by atoms with Crippen LogP contribution in [0.3, 0.4) is 0 Å². The van der Waals surface area contributed by atoms with E-state index in [0.717, 1.165) is 12.8 Å². The van der Waals surface area contributed by atoms with Gasteiger partial charge in [0, 0.05) is 5.92 Å². The SMILES string of the molecule is C=CC(C)(CC)[C](CC)C(=C)C. The van der Waals surface area contributed by atoms with Gasteiger partial charge >= 0.3 is 0 Å². The molecule has 69 valence electrons. The van der Waals surface area contributed by atoms with Crippen molar-refractivity contribution in [3.8, 4) is 0 Å². The highest BCUT2D eigenvalue weighted by Crippen LogP contribution is 2.40. The molecule has 1 radical (unpaired) electrons. The van der Waals surface area contributed by atoms with E-state index in [1.165, 1.54) is 11.5 Å². The molecule has 0 aromatic heterocycles. The molecule has 0 nitrogen and oxygen atoms in total. The minimum atomic E-state index is 0.153. The largest absolute Gasteiger partial charge is 0.103 e. The van der Waals surface area contributed by atoms with Crippen molar-refractivity contribution in [1.82, 2.24) is 0 Å². The predicted octanol–water partition coefficient (Wildman–Crippen LogP) is 4.15. The zero-order chi connectivity index (χ0) is 9.78. The lowest BCUT2D eigenvalue weighted by Crippen LogP contribution is -2.22. The summed E-state index contributed by atoms with van der Waals surface area (Å²) in [5.41, 5.74) is 1.35. The lowest BCUT2D eigenvalue weighted by Gasteiger charge is -2.33. The molecule has 0 aliphatic heterocycles. The van der Waals surface area contributed by atoms with Gasteiger partial charge in [0.2, 0.25) is 0 Å². The van der Waals surface area contributed by atoms with Crippen LogP contribution in [0.1, 0.15) is 40.5 Å². The zero-order valence-electron chi connectivity index (χ0n) is 8.91. The van der Waals surface area contributed by atoms with E-state index in [1.54, 1.807) is 0 Å². The summed E-state index contributed by atoms with van der Waals surface area (Å²) >= 11 is 0. The molecule has 0 heterocycles. The molecular formula is C12H21. The van der Waals surface area contributed by atoms with E-state index in [1.807, 2.05) is 6.08 Å². The molecule has 1 atom stereocenters. The Bertz CT molecular complexity index is 167. The van der Waals surface area contributed by atoms with Gasteiger partial charge in [0.15, 0.2) is 0 Å². The molecule has 1 unspecified atom stereocenters. The highest BCUT2D eigenvalue weighted by Gasteiger charge is 2.28. The van der Waals surface area contributed by atoms with Gasteiger partial charge in [-0.3, -0.25) is 0 Å². The Morgan fingerprint density at radius 3 is 2.00 bits per heavy atom. The van der Waals surface area contributed by atoms with E-state index >= 15 is 0 Å². The lowest BCUT2D eigenvalue weighted by molar-refractivity contribution is 0.425. The Labute approximate surface area is 77.4 Å². The first kappa shape index (κ1) is 11.5. The third kappa shape index (κ3) is 2.23. The predicted molar refractivity (Wildman–Crippen MR) is 56.9 cm³/mol. The summed E-state index contributed by atoms with van der Waals surface area (Å²) in [5, 5.41) is 0. The molecular weight excluding hydrogens is 144 g/mol. The van der Waals surface area contributed by atoms with Gasteiger partial charge in [-0.1, -0.05) is 39.0 Å². The van der Waals surface area contributed by atoms with Crippen molar-refractivity contribution in [2.75, 3.05) is 0 Å².